The van der Waals surface area contributed by atoms with Crippen molar-refractivity contribution in [2.75, 3.05) is 0 Å². The highest BCUT2D eigenvalue weighted by Gasteiger charge is 2.06. The fourth-order valence-electron chi connectivity index (χ4n) is 2.04. The second-order valence-corrected chi connectivity index (χ2v) is 4.63. The van der Waals surface area contributed by atoms with Crippen LogP contribution >= 0.6 is 0 Å². The van der Waals surface area contributed by atoms with Crippen LogP contribution in [0.25, 0.3) is 16.7 Å². The van der Waals surface area contributed by atoms with Crippen molar-refractivity contribution in [3.8, 4) is 11.1 Å². The normalized spacial score (nSPS) is 11.2. The number of rotatable bonds is 4. The summed E-state index contributed by atoms with van der Waals surface area (Å²) in [6.45, 7) is 1.72. The van der Waals surface area contributed by atoms with E-state index < -0.39 is 11.9 Å². The van der Waals surface area contributed by atoms with Crippen LogP contribution in [0, 0.1) is 0 Å². The number of allylic oxidation sites excluding steroid dienone is 1. The minimum atomic E-state index is -0.995. The van der Waals surface area contributed by atoms with E-state index in [-0.39, 0.29) is 5.56 Å². The summed E-state index contributed by atoms with van der Waals surface area (Å²) in [5.41, 5.74) is 3.26. The molecule has 0 amide bonds. The Bertz CT molecular complexity index is 729. The molecule has 0 fully saturated rings. The number of carboxylic acids is 2. The summed E-state index contributed by atoms with van der Waals surface area (Å²) in [4.78, 5) is 21.7. The fraction of sp³-hybridized carbons (Fsp3) is 0.0588. The molecule has 21 heavy (non-hydrogen) atoms. The van der Waals surface area contributed by atoms with E-state index >= 15 is 0 Å². The van der Waals surface area contributed by atoms with Crippen molar-refractivity contribution in [2.24, 2.45) is 0 Å². The van der Waals surface area contributed by atoms with Crippen molar-refractivity contribution in [1.82, 2.24) is 0 Å². The van der Waals surface area contributed by atoms with Crippen molar-refractivity contribution in [2.45, 2.75) is 6.92 Å². The number of carboxylic acid groups (broad SMARTS) is 2. The maximum atomic E-state index is 11.0. The van der Waals surface area contributed by atoms with E-state index in [4.69, 9.17) is 10.2 Å². The highest BCUT2D eigenvalue weighted by molar-refractivity contribution is 5.91. The van der Waals surface area contributed by atoms with E-state index in [1.165, 1.54) is 6.07 Å². The molecule has 0 aromatic heterocycles. The van der Waals surface area contributed by atoms with E-state index in [0.29, 0.717) is 5.57 Å². The number of aromatic carboxylic acids is 1. The van der Waals surface area contributed by atoms with Crippen LogP contribution in [0.1, 0.15) is 22.8 Å². The number of hydrogen-bond donors (Lipinski definition) is 2. The summed E-state index contributed by atoms with van der Waals surface area (Å²) < 4.78 is 0. The van der Waals surface area contributed by atoms with Crippen LogP contribution < -0.4 is 0 Å². The zero-order valence-electron chi connectivity index (χ0n) is 11.4. The van der Waals surface area contributed by atoms with E-state index in [1.54, 1.807) is 19.1 Å². The minimum absolute atomic E-state index is 0.218. The minimum Gasteiger partial charge on any atom is -0.478 e. The van der Waals surface area contributed by atoms with Gasteiger partial charge in [-0.2, -0.15) is 0 Å². The molecule has 4 heteroatoms. The lowest BCUT2D eigenvalue weighted by Crippen LogP contribution is -1.96. The third-order valence-electron chi connectivity index (χ3n) is 3.10. The van der Waals surface area contributed by atoms with Crippen molar-refractivity contribution >= 4 is 17.5 Å². The predicted octanol–water partition coefficient (Wildman–Crippen LogP) is 3.54. The fourth-order valence-corrected chi connectivity index (χ4v) is 2.04. The Morgan fingerprint density at radius 1 is 0.905 bits per heavy atom. The average molecular weight is 282 g/mol. The van der Waals surface area contributed by atoms with Crippen LogP contribution in [0.15, 0.2) is 54.6 Å². The summed E-state index contributed by atoms with van der Waals surface area (Å²) >= 11 is 0. The summed E-state index contributed by atoms with van der Waals surface area (Å²) in [6.07, 6.45) is 1.15. The van der Waals surface area contributed by atoms with E-state index in [2.05, 4.69) is 0 Å². The molecule has 2 N–H and O–H groups in total. The number of aliphatic carboxylic acids is 1. The Labute approximate surface area is 122 Å². The van der Waals surface area contributed by atoms with Gasteiger partial charge in [0.1, 0.15) is 0 Å². The third kappa shape index (κ3) is 3.57. The first kappa shape index (κ1) is 14.5. The van der Waals surface area contributed by atoms with Gasteiger partial charge in [0.2, 0.25) is 0 Å². The molecular formula is C17H14O4. The molecule has 0 unspecified atom stereocenters. The summed E-state index contributed by atoms with van der Waals surface area (Å²) in [6, 6.07) is 14.0. The quantitative estimate of drug-likeness (QED) is 0.841. The lowest BCUT2D eigenvalue weighted by Gasteiger charge is -2.06. The average Bonchev–Trinajstić information content (AvgIpc) is 2.47. The largest absolute Gasteiger partial charge is 0.478 e. The molecule has 0 bridgehead atoms. The highest BCUT2D eigenvalue weighted by Crippen LogP contribution is 2.24. The van der Waals surface area contributed by atoms with Gasteiger partial charge in [0.05, 0.1) is 5.56 Å². The highest BCUT2D eigenvalue weighted by atomic mass is 16.4. The van der Waals surface area contributed by atoms with Crippen LogP contribution in [-0.2, 0) is 4.79 Å². The van der Waals surface area contributed by atoms with Crippen LogP contribution in [0.5, 0.6) is 0 Å². The molecule has 0 saturated heterocycles. The van der Waals surface area contributed by atoms with Gasteiger partial charge in [-0.05, 0) is 47.4 Å². The standard InChI is InChI=1S/C17H14O4/c1-11(8-16(18)19)12-4-2-5-13(9-12)14-6-3-7-15(10-14)17(20)21/h2-10H,1H3,(H,18,19)(H,20,21)/b11-8+. The van der Waals surface area contributed by atoms with Gasteiger partial charge in [-0.1, -0.05) is 30.3 Å². The Balaban J connectivity index is 2.44. The van der Waals surface area contributed by atoms with Gasteiger partial charge in [0, 0.05) is 6.08 Å². The first-order chi connectivity index (χ1) is 9.97. The molecular weight excluding hydrogens is 268 g/mol. The van der Waals surface area contributed by atoms with Crippen LogP contribution in [0.2, 0.25) is 0 Å². The maximum absolute atomic E-state index is 11.0. The summed E-state index contributed by atoms with van der Waals surface area (Å²) in [7, 11) is 0. The molecule has 0 aliphatic rings. The Morgan fingerprint density at radius 2 is 1.43 bits per heavy atom. The second kappa shape index (κ2) is 6.05. The molecule has 2 aromatic carbocycles. The zero-order chi connectivity index (χ0) is 15.4. The number of hydrogen-bond acceptors (Lipinski definition) is 2. The smallest absolute Gasteiger partial charge is 0.335 e. The molecule has 2 rings (SSSR count). The van der Waals surface area contributed by atoms with Gasteiger partial charge in [-0.15, -0.1) is 0 Å². The monoisotopic (exact) mass is 282 g/mol. The molecule has 0 aliphatic carbocycles. The Hall–Kier alpha value is -2.88. The van der Waals surface area contributed by atoms with Gasteiger partial charge in [-0.25, -0.2) is 9.59 Å². The van der Waals surface area contributed by atoms with Crippen LogP contribution in [0.3, 0.4) is 0 Å². The zero-order valence-corrected chi connectivity index (χ0v) is 11.4. The predicted molar refractivity (Wildman–Crippen MR) is 80.1 cm³/mol. The van der Waals surface area contributed by atoms with Crippen LogP contribution in [0.4, 0.5) is 0 Å². The van der Waals surface area contributed by atoms with E-state index in [0.717, 1.165) is 22.8 Å². The van der Waals surface area contributed by atoms with Gasteiger partial charge < -0.3 is 10.2 Å². The van der Waals surface area contributed by atoms with E-state index in [9.17, 15) is 9.59 Å². The Kier molecular flexibility index (Phi) is 4.18. The summed E-state index contributed by atoms with van der Waals surface area (Å²) in [5, 5.41) is 17.8. The molecule has 0 spiro atoms. The number of carbonyl (C=O) groups is 2. The molecule has 0 radical (unpaired) electrons. The van der Waals surface area contributed by atoms with Gasteiger partial charge in [0.25, 0.3) is 0 Å². The van der Waals surface area contributed by atoms with E-state index in [1.807, 2.05) is 30.3 Å². The molecule has 0 saturated carbocycles. The van der Waals surface area contributed by atoms with Gasteiger partial charge in [-0.3, -0.25) is 0 Å². The first-order valence-electron chi connectivity index (χ1n) is 6.33. The molecule has 0 heterocycles. The SMILES string of the molecule is C/C(=C\C(=O)O)c1cccc(-c2cccc(C(=O)O)c2)c1. The maximum Gasteiger partial charge on any atom is 0.335 e. The molecule has 0 aliphatic heterocycles. The topological polar surface area (TPSA) is 74.6 Å². The molecule has 0 atom stereocenters. The first-order valence-corrected chi connectivity index (χ1v) is 6.33. The van der Waals surface area contributed by atoms with Gasteiger partial charge in [0.15, 0.2) is 0 Å². The molecule has 4 nitrogen and oxygen atoms in total. The van der Waals surface area contributed by atoms with Crippen molar-refractivity contribution in [1.29, 1.82) is 0 Å². The molecule has 2 aromatic rings. The molecule has 106 valence electrons. The second-order valence-electron chi connectivity index (χ2n) is 4.63. The summed E-state index contributed by atoms with van der Waals surface area (Å²) in [5.74, 6) is -1.97. The van der Waals surface area contributed by atoms with Crippen molar-refractivity contribution in [3.63, 3.8) is 0 Å². The third-order valence-corrected chi connectivity index (χ3v) is 3.10. The number of benzene rings is 2. The van der Waals surface area contributed by atoms with Crippen molar-refractivity contribution < 1.29 is 19.8 Å². The van der Waals surface area contributed by atoms with Crippen LogP contribution in [-0.4, -0.2) is 22.2 Å². The van der Waals surface area contributed by atoms with Crippen molar-refractivity contribution in [3.05, 3.63) is 65.7 Å². The lowest BCUT2D eigenvalue weighted by atomic mass is 9.98. The lowest BCUT2D eigenvalue weighted by molar-refractivity contribution is -0.131. The Morgan fingerprint density at radius 3 is 1.95 bits per heavy atom. The van der Waals surface area contributed by atoms with Gasteiger partial charge >= 0.3 is 11.9 Å².